The van der Waals surface area contributed by atoms with Crippen molar-refractivity contribution in [3.05, 3.63) is 0 Å². The van der Waals surface area contributed by atoms with Gasteiger partial charge in [-0.15, -0.1) is 0 Å². The number of quaternary nitrogens is 2. The average molecular weight is 381 g/mol. The van der Waals surface area contributed by atoms with E-state index in [1.807, 2.05) is 0 Å². The third kappa shape index (κ3) is 5.72. The van der Waals surface area contributed by atoms with Crippen molar-refractivity contribution in [3.63, 3.8) is 0 Å². The van der Waals surface area contributed by atoms with Crippen molar-refractivity contribution in [1.82, 2.24) is 0 Å². The molecule has 0 aromatic heterocycles. The van der Waals surface area contributed by atoms with Gasteiger partial charge in [0.1, 0.15) is 0 Å². The van der Waals surface area contributed by atoms with Crippen LogP contribution in [0.4, 0.5) is 0 Å². The first-order valence-electron chi connectivity index (χ1n) is 12.7. The van der Waals surface area contributed by atoms with Gasteiger partial charge in [-0.1, -0.05) is 41.5 Å². The maximum absolute atomic E-state index is 2.52. The van der Waals surface area contributed by atoms with E-state index in [2.05, 4.69) is 41.5 Å². The zero-order valence-corrected chi connectivity index (χ0v) is 19.8. The molecule has 0 radical (unpaired) electrons. The third-order valence-electron chi connectivity index (χ3n) is 8.50. The predicted octanol–water partition coefficient (Wildman–Crippen LogP) is 5.96. The van der Waals surface area contributed by atoms with E-state index in [9.17, 15) is 0 Å². The molecule has 2 fully saturated rings. The molecule has 0 N–H and O–H groups in total. The molecule has 2 aliphatic rings. The topological polar surface area (TPSA) is 0 Å². The molecule has 0 bridgehead atoms. The molecule has 0 saturated carbocycles. The molecule has 0 aliphatic carbocycles. The van der Waals surface area contributed by atoms with Gasteiger partial charge >= 0.3 is 0 Å². The van der Waals surface area contributed by atoms with Gasteiger partial charge in [0.05, 0.1) is 52.4 Å². The maximum atomic E-state index is 2.52. The fourth-order valence-electron chi connectivity index (χ4n) is 7.13. The second-order valence-corrected chi connectivity index (χ2v) is 10.5. The summed E-state index contributed by atoms with van der Waals surface area (Å²) >= 11 is 0. The van der Waals surface area contributed by atoms with Crippen LogP contribution >= 0.6 is 0 Å². The fourth-order valence-corrected chi connectivity index (χ4v) is 7.13. The molecule has 2 heteroatoms. The lowest BCUT2D eigenvalue weighted by molar-refractivity contribution is -0.925. The zero-order valence-electron chi connectivity index (χ0n) is 19.8. The van der Waals surface area contributed by atoms with Gasteiger partial charge in [-0.25, -0.2) is 0 Å². The molecular formula is C25H52N2+2. The van der Waals surface area contributed by atoms with Gasteiger partial charge in [0.15, 0.2) is 0 Å². The summed E-state index contributed by atoms with van der Waals surface area (Å²) in [5.74, 6) is 3.90. The van der Waals surface area contributed by atoms with Gasteiger partial charge < -0.3 is 8.97 Å². The quantitative estimate of drug-likeness (QED) is 0.289. The number of unbranched alkanes of at least 4 members (excludes halogenated alkanes) is 1. The van der Waals surface area contributed by atoms with Crippen LogP contribution in [0.25, 0.3) is 0 Å². The molecule has 2 aliphatic heterocycles. The molecule has 2 rings (SSSR count). The van der Waals surface area contributed by atoms with E-state index >= 15 is 0 Å². The SMILES string of the molecule is CCC[N+]1(CCCC[N+]2(CCC)CC(CC)C(CC)C2)CC(C)C(CC)C1. The van der Waals surface area contributed by atoms with Gasteiger partial charge in [0.2, 0.25) is 0 Å². The molecule has 2 heterocycles. The van der Waals surface area contributed by atoms with Crippen molar-refractivity contribution in [3.8, 4) is 0 Å². The highest BCUT2D eigenvalue weighted by Gasteiger charge is 2.43. The lowest BCUT2D eigenvalue weighted by Gasteiger charge is -2.37. The van der Waals surface area contributed by atoms with Crippen LogP contribution in [0.5, 0.6) is 0 Å². The van der Waals surface area contributed by atoms with Crippen LogP contribution in [0.15, 0.2) is 0 Å². The zero-order chi connectivity index (χ0) is 19.9. The van der Waals surface area contributed by atoms with Gasteiger partial charge in [-0.05, 0) is 32.1 Å². The molecule has 27 heavy (non-hydrogen) atoms. The first-order valence-corrected chi connectivity index (χ1v) is 12.7. The lowest BCUT2D eigenvalue weighted by Crippen LogP contribution is -2.49. The molecule has 0 aromatic rings. The Morgan fingerprint density at radius 2 is 0.963 bits per heavy atom. The third-order valence-corrected chi connectivity index (χ3v) is 8.50. The van der Waals surface area contributed by atoms with Gasteiger partial charge in [-0.3, -0.25) is 0 Å². The molecule has 0 aromatic carbocycles. The Hall–Kier alpha value is -0.0800. The van der Waals surface area contributed by atoms with Crippen molar-refractivity contribution in [2.45, 2.75) is 86.5 Å². The summed E-state index contributed by atoms with van der Waals surface area (Å²) in [4.78, 5) is 0. The fraction of sp³-hybridized carbons (Fsp3) is 1.00. The molecular weight excluding hydrogens is 328 g/mol. The highest BCUT2D eigenvalue weighted by atomic mass is 15.4. The molecule has 0 spiro atoms. The summed E-state index contributed by atoms with van der Waals surface area (Å²) in [5, 5.41) is 0. The molecule has 2 nitrogen and oxygen atoms in total. The van der Waals surface area contributed by atoms with Crippen LogP contribution in [-0.2, 0) is 0 Å². The minimum atomic E-state index is 0.939. The Bertz CT molecular complexity index is 409. The average Bonchev–Trinajstić information content (AvgIpc) is 3.17. The largest absolute Gasteiger partial charge is 0.323 e. The Morgan fingerprint density at radius 1 is 0.556 bits per heavy atom. The van der Waals surface area contributed by atoms with Crippen molar-refractivity contribution in [2.75, 3.05) is 52.4 Å². The summed E-state index contributed by atoms with van der Waals surface area (Å²) < 4.78 is 2.90. The van der Waals surface area contributed by atoms with Crippen LogP contribution in [-0.4, -0.2) is 61.3 Å². The summed E-state index contributed by atoms with van der Waals surface area (Å²) in [5.41, 5.74) is 0. The number of nitrogens with zero attached hydrogens (tertiary/aromatic N) is 2. The molecule has 160 valence electrons. The summed E-state index contributed by atoms with van der Waals surface area (Å²) in [7, 11) is 0. The van der Waals surface area contributed by atoms with Gasteiger partial charge in [0.25, 0.3) is 0 Å². The smallest absolute Gasteiger partial charge is 0.0820 e. The van der Waals surface area contributed by atoms with E-state index in [1.54, 1.807) is 0 Å². The van der Waals surface area contributed by atoms with Crippen molar-refractivity contribution < 1.29 is 8.97 Å². The molecule has 2 saturated heterocycles. The van der Waals surface area contributed by atoms with Crippen molar-refractivity contribution in [1.29, 1.82) is 0 Å². The number of hydrogen-bond donors (Lipinski definition) is 0. The predicted molar refractivity (Wildman–Crippen MR) is 120 cm³/mol. The summed E-state index contributed by atoms with van der Waals surface area (Å²) in [6.45, 7) is 26.2. The number of likely N-dealkylation sites (tertiary alicyclic amines) is 2. The van der Waals surface area contributed by atoms with Crippen molar-refractivity contribution in [2.24, 2.45) is 23.7 Å². The Balaban J connectivity index is 1.89. The van der Waals surface area contributed by atoms with E-state index in [0.29, 0.717) is 0 Å². The summed E-state index contributed by atoms with van der Waals surface area (Å²) in [6, 6.07) is 0. The summed E-state index contributed by atoms with van der Waals surface area (Å²) in [6.07, 6.45) is 9.82. The van der Waals surface area contributed by atoms with Gasteiger partial charge in [0, 0.05) is 36.5 Å². The highest BCUT2D eigenvalue weighted by Crippen LogP contribution is 2.36. The number of rotatable bonds is 12. The van der Waals surface area contributed by atoms with E-state index in [4.69, 9.17) is 0 Å². The Labute approximate surface area is 171 Å². The standard InChI is InChI=1S/C25H52N2/c1-7-14-26(18-22(6)23(9-3)19-26)16-12-13-17-27(15-8-2)20-24(10-4)25(11-5)21-27/h22-25H,7-21H2,1-6H3/q+2. The van der Waals surface area contributed by atoms with E-state index in [-0.39, 0.29) is 0 Å². The van der Waals surface area contributed by atoms with Crippen LogP contribution in [0.2, 0.25) is 0 Å². The first kappa shape index (κ1) is 23.2. The van der Waals surface area contributed by atoms with Crippen molar-refractivity contribution >= 4 is 0 Å². The van der Waals surface area contributed by atoms with Crippen LogP contribution in [0.3, 0.4) is 0 Å². The monoisotopic (exact) mass is 380 g/mol. The lowest BCUT2D eigenvalue weighted by atomic mass is 9.92. The normalized spacial score (nSPS) is 39.3. The molecule has 5 atom stereocenters. The highest BCUT2D eigenvalue weighted by molar-refractivity contribution is 4.76. The van der Waals surface area contributed by atoms with Crippen LogP contribution in [0, 0.1) is 23.7 Å². The second-order valence-electron chi connectivity index (χ2n) is 10.5. The first-order chi connectivity index (χ1) is 13.0. The van der Waals surface area contributed by atoms with Crippen LogP contribution < -0.4 is 0 Å². The Kier molecular flexibility index (Phi) is 9.13. The second kappa shape index (κ2) is 10.6. The van der Waals surface area contributed by atoms with Crippen LogP contribution in [0.1, 0.15) is 86.5 Å². The molecule has 0 amide bonds. The minimum Gasteiger partial charge on any atom is -0.323 e. The van der Waals surface area contributed by atoms with Gasteiger partial charge in [-0.2, -0.15) is 0 Å². The van der Waals surface area contributed by atoms with E-state index < -0.39 is 0 Å². The Morgan fingerprint density at radius 3 is 1.33 bits per heavy atom. The minimum absolute atomic E-state index is 0.939. The maximum Gasteiger partial charge on any atom is 0.0820 e. The van der Waals surface area contributed by atoms with E-state index in [0.717, 1.165) is 23.7 Å². The number of hydrogen-bond acceptors (Lipinski definition) is 0. The molecule has 5 unspecified atom stereocenters. The van der Waals surface area contributed by atoms with E-state index in [1.165, 1.54) is 106 Å².